The van der Waals surface area contributed by atoms with Gasteiger partial charge in [-0.15, -0.1) is 0 Å². The van der Waals surface area contributed by atoms with Crippen LogP contribution in [0, 0.1) is 0 Å². The SMILES string of the molecule is CCC(CO)NC(=S)NC(=O)c1ccc(OC)c(Br)c1. The van der Waals surface area contributed by atoms with Gasteiger partial charge in [0.25, 0.3) is 5.91 Å². The molecule has 20 heavy (non-hydrogen) atoms. The molecule has 0 aliphatic heterocycles. The Morgan fingerprint density at radius 3 is 2.75 bits per heavy atom. The topological polar surface area (TPSA) is 70.6 Å². The fourth-order valence-corrected chi connectivity index (χ4v) is 2.28. The first-order chi connectivity index (χ1) is 9.51. The van der Waals surface area contributed by atoms with E-state index in [-0.39, 0.29) is 23.7 Å². The molecule has 3 N–H and O–H groups in total. The molecule has 1 aromatic rings. The van der Waals surface area contributed by atoms with E-state index in [2.05, 4.69) is 26.6 Å². The smallest absolute Gasteiger partial charge is 0.257 e. The lowest BCUT2D eigenvalue weighted by molar-refractivity contribution is 0.0976. The molecule has 0 saturated carbocycles. The van der Waals surface area contributed by atoms with Crippen LogP contribution in [0.2, 0.25) is 0 Å². The average molecular weight is 361 g/mol. The number of halogens is 1. The van der Waals surface area contributed by atoms with Crippen molar-refractivity contribution in [2.75, 3.05) is 13.7 Å². The Morgan fingerprint density at radius 1 is 1.55 bits per heavy atom. The molecular weight excluding hydrogens is 344 g/mol. The van der Waals surface area contributed by atoms with Gasteiger partial charge in [0.05, 0.1) is 24.2 Å². The summed E-state index contributed by atoms with van der Waals surface area (Å²) in [6.07, 6.45) is 0.709. The van der Waals surface area contributed by atoms with Crippen LogP contribution in [0.15, 0.2) is 22.7 Å². The van der Waals surface area contributed by atoms with E-state index in [9.17, 15) is 4.79 Å². The first-order valence-corrected chi connectivity index (χ1v) is 7.28. The van der Waals surface area contributed by atoms with E-state index in [0.29, 0.717) is 22.2 Å². The van der Waals surface area contributed by atoms with E-state index in [1.165, 1.54) is 0 Å². The van der Waals surface area contributed by atoms with Crippen molar-refractivity contribution in [3.63, 3.8) is 0 Å². The summed E-state index contributed by atoms with van der Waals surface area (Å²) >= 11 is 8.35. The van der Waals surface area contributed by atoms with E-state index in [1.807, 2.05) is 6.92 Å². The van der Waals surface area contributed by atoms with Crippen molar-refractivity contribution in [2.24, 2.45) is 0 Å². The number of hydrogen-bond acceptors (Lipinski definition) is 4. The number of nitrogens with one attached hydrogen (secondary N) is 2. The maximum absolute atomic E-state index is 12.0. The number of amides is 1. The summed E-state index contributed by atoms with van der Waals surface area (Å²) in [6.45, 7) is 1.87. The Bertz CT molecular complexity index is 493. The number of aliphatic hydroxyl groups excluding tert-OH is 1. The fraction of sp³-hybridized carbons (Fsp3) is 0.385. The molecule has 0 bridgehead atoms. The average Bonchev–Trinajstić information content (AvgIpc) is 2.44. The Labute approximate surface area is 131 Å². The number of benzene rings is 1. The highest BCUT2D eigenvalue weighted by molar-refractivity contribution is 9.10. The van der Waals surface area contributed by atoms with Gasteiger partial charge in [-0.1, -0.05) is 6.92 Å². The van der Waals surface area contributed by atoms with E-state index < -0.39 is 0 Å². The number of aliphatic hydroxyl groups is 1. The first kappa shape index (κ1) is 16.9. The first-order valence-electron chi connectivity index (χ1n) is 6.08. The Balaban J connectivity index is 2.67. The molecule has 1 amide bonds. The number of ether oxygens (including phenoxy) is 1. The van der Waals surface area contributed by atoms with Crippen molar-refractivity contribution in [3.05, 3.63) is 28.2 Å². The lowest BCUT2D eigenvalue weighted by atomic mass is 10.2. The summed E-state index contributed by atoms with van der Waals surface area (Å²) in [7, 11) is 1.55. The molecule has 0 radical (unpaired) electrons. The number of carbonyl (C=O) groups is 1. The van der Waals surface area contributed by atoms with Gasteiger partial charge in [0.1, 0.15) is 5.75 Å². The molecule has 1 rings (SSSR count). The molecule has 1 aromatic carbocycles. The molecule has 1 atom stereocenters. The zero-order valence-corrected chi connectivity index (χ0v) is 13.7. The summed E-state index contributed by atoms with van der Waals surface area (Å²) in [5.74, 6) is 0.326. The second kappa shape index (κ2) is 8.18. The monoisotopic (exact) mass is 360 g/mol. The van der Waals surface area contributed by atoms with E-state index >= 15 is 0 Å². The van der Waals surface area contributed by atoms with Gasteiger partial charge in [0.15, 0.2) is 5.11 Å². The number of methoxy groups -OCH3 is 1. The molecule has 0 aliphatic carbocycles. The zero-order chi connectivity index (χ0) is 15.1. The van der Waals surface area contributed by atoms with Crippen molar-refractivity contribution in [2.45, 2.75) is 19.4 Å². The highest BCUT2D eigenvalue weighted by Gasteiger charge is 2.12. The predicted octanol–water partition coefficient (Wildman–Crippen LogP) is 1.83. The number of carbonyl (C=O) groups excluding carboxylic acids is 1. The normalized spacial score (nSPS) is 11.6. The minimum atomic E-state index is -0.321. The maximum Gasteiger partial charge on any atom is 0.257 e. The third-order valence-corrected chi connectivity index (χ3v) is 3.53. The van der Waals surface area contributed by atoms with Crippen LogP contribution in [0.25, 0.3) is 0 Å². The van der Waals surface area contributed by atoms with Gasteiger partial charge in [0.2, 0.25) is 0 Å². The molecular formula is C13H17BrN2O3S. The van der Waals surface area contributed by atoms with Gasteiger partial charge >= 0.3 is 0 Å². The summed E-state index contributed by atoms with van der Waals surface area (Å²) in [6, 6.07) is 4.83. The van der Waals surface area contributed by atoms with Crippen LogP contribution in [0.3, 0.4) is 0 Å². The van der Waals surface area contributed by atoms with E-state index in [4.69, 9.17) is 22.1 Å². The van der Waals surface area contributed by atoms with Crippen LogP contribution < -0.4 is 15.4 Å². The summed E-state index contributed by atoms with van der Waals surface area (Å²) in [5, 5.41) is 14.7. The third kappa shape index (κ3) is 4.73. The van der Waals surface area contributed by atoms with Crippen LogP contribution in [-0.2, 0) is 0 Å². The number of hydrogen-bond donors (Lipinski definition) is 3. The Hall–Kier alpha value is -1.18. The van der Waals surface area contributed by atoms with Gasteiger partial charge < -0.3 is 15.2 Å². The van der Waals surface area contributed by atoms with Gasteiger partial charge in [-0.3, -0.25) is 10.1 Å². The van der Waals surface area contributed by atoms with Crippen LogP contribution in [-0.4, -0.2) is 35.9 Å². The second-order valence-corrected chi connectivity index (χ2v) is 5.33. The molecule has 0 spiro atoms. The zero-order valence-electron chi connectivity index (χ0n) is 11.3. The van der Waals surface area contributed by atoms with Gasteiger partial charge in [-0.05, 0) is 52.8 Å². The minimum Gasteiger partial charge on any atom is -0.496 e. The Kier molecular flexibility index (Phi) is 6.90. The van der Waals surface area contributed by atoms with Crippen LogP contribution >= 0.6 is 28.1 Å². The number of thiocarbonyl (C=S) groups is 1. The lowest BCUT2D eigenvalue weighted by Gasteiger charge is -2.16. The third-order valence-electron chi connectivity index (χ3n) is 2.69. The summed E-state index contributed by atoms with van der Waals surface area (Å²) in [4.78, 5) is 12.0. The van der Waals surface area contributed by atoms with E-state index in [0.717, 1.165) is 0 Å². The molecule has 0 aliphatic rings. The molecule has 0 fully saturated rings. The standard InChI is InChI=1S/C13H17BrN2O3S/c1-3-9(7-17)15-13(20)16-12(18)8-4-5-11(19-2)10(14)6-8/h4-6,9,17H,3,7H2,1-2H3,(H2,15,16,18,20). The molecule has 0 aromatic heterocycles. The molecule has 0 saturated heterocycles. The fourth-order valence-electron chi connectivity index (χ4n) is 1.48. The molecule has 0 heterocycles. The van der Waals surface area contributed by atoms with Crippen molar-refractivity contribution in [1.29, 1.82) is 0 Å². The predicted molar refractivity (Wildman–Crippen MR) is 85.1 cm³/mol. The van der Waals surface area contributed by atoms with Crippen molar-refractivity contribution < 1.29 is 14.6 Å². The largest absolute Gasteiger partial charge is 0.496 e. The van der Waals surface area contributed by atoms with Gasteiger partial charge in [0, 0.05) is 5.56 Å². The quantitative estimate of drug-likeness (QED) is 0.698. The van der Waals surface area contributed by atoms with Crippen molar-refractivity contribution in [1.82, 2.24) is 10.6 Å². The summed E-state index contributed by atoms with van der Waals surface area (Å²) < 4.78 is 5.79. The van der Waals surface area contributed by atoms with E-state index in [1.54, 1.807) is 25.3 Å². The van der Waals surface area contributed by atoms with Crippen molar-refractivity contribution >= 4 is 39.2 Å². The highest BCUT2D eigenvalue weighted by Crippen LogP contribution is 2.25. The second-order valence-electron chi connectivity index (χ2n) is 4.06. The van der Waals surface area contributed by atoms with Crippen LogP contribution in [0.1, 0.15) is 23.7 Å². The van der Waals surface area contributed by atoms with Crippen LogP contribution in [0.5, 0.6) is 5.75 Å². The van der Waals surface area contributed by atoms with Crippen molar-refractivity contribution in [3.8, 4) is 5.75 Å². The maximum atomic E-state index is 12.0. The van der Waals surface area contributed by atoms with Gasteiger partial charge in [-0.25, -0.2) is 0 Å². The summed E-state index contributed by atoms with van der Waals surface area (Å²) in [5.41, 5.74) is 0.457. The number of rotatable bonds is 5. The Morgan fingerprint density at radius 2 is 2.25 bits per heavy atom. The van der Waals surface area contributed by atoms with Crippen LogP contribution in [0.4, 0.5) is 0 Å². The molecule has 110 valence electrons. The highest BCUT2D eigenvalue weighted by atomic mass is 79.9. The lowest BCUT2D eigenvalue weighted by Crippen LogP contribution is -2.45. The molecule has 7 heteroatoms. The molecule has 1 unspecified atom stereocenters. The molecule has 5 nitrogen and oxygen atoms in total. The minimum absolute atomic E-state index is 0.0411. The van der Waals surface area contributed by atoms with Gasteiger partial charge in [-0.2, -0.15) is 0 Å².